The fourth-order valence-corrected chi connectivity index (χ4v) is 1.30. The number of hydrogen-bond donors (Lipinski definition) is 2. The lowest BCUT2D eigenvalue weighted by atomic mass is 9.85. The molecule has 0 spiro atoms. The first-order chi connectivity index (χ1) is 7.67. The van der Waals surface area contributed by atoms with Gasteiger partial charge in [-0.1, -0.05) is 13.8 Å². The number of nitrogens with one attached hydrogen (secondary N) is 1. The highest BCUT2D eigenvalue weighted by Gasteiger charge is 2.32. The molecule has 0 aliphatic heterocycles. The van der Waals surface area contributed by atoms with Crippen LogP contribution in [-0.4, -0.2) is 35.2 Å². The predicted molar refractivity (Wildman–Crippen MR) is 64.7 cm³/mol. The lowest BCUT2D eigenvalue weighted by Gasteiger charge is -2.33. The summed E-state index contributed by atoms with van der Waals surface area (Å²) in [5.41, 5.74) is -0.747. The molecule has 0 aromatic heterocycles. The molecular weight excluding hydrogens is 222 g/mol. The van der Waals surface area contributed by atoms with Crippen molar-refractivity contribution < 1.29 is 19.4 Å². The van der Waals surface area contributed by atoms with Gasteiger partial charge in [0, 0.05) is 0 Å². The Morgan fingerprint density at radius 1 is 1.29 bits per heavy atom. The summed E-state index contributed by atoms with van der Waals surface area (Å²) in [6.07, 6.45) is -0.122. The summed E-state index contributed by atoms with van der Waals surface area (Å²) in [6.45, 7) is 9.13. The van der Waals surface area contributed by atoms with E-state index in [0.29, 0.717) is 0 Å². The Hall–Kier alpha value is -1.10. The number of hydrogen-bond acceptors (Lipinski definition) is 3. The van der Waals surface area contributed by atoms with Gasteiger partial charge in [-0.3, -0.25) is 9.59 Å². The first-order valence-electron chi connectivity index (χ1n) is 5.81. The number of rotatable bonds is 7. The Balaban J connectivity index is 4.44. The zero-order valence-corrected chi connectivity index (χ0v) is 11.2. The van der Waals surface area contributed by atoms with Crippen LogP contribution in [0.3, 0.4) is 0 Å². The maximum atomic E-state index is 11.6. The van der Waals surface area contributed by atoms with Gasteiger partial charge in [-0.2, -0.15) is 0 Å². The third kappa shape index (κ3) is 6.26. The minimum atomic E-state index is -0.925. The third-order valence-electron chi connectivity index (χ3n) is 2.77. The number of carboxylic acids is 1. The van der Waals surface area contributed by atoms with Crippen LogP contribution < -0.4 is 5.32 Å². The number of amides is 1. The average Bonchev–Trinajstić information content (AvgIpc) is 2.12. The lowest BCUT2D eigenvalue weighted by molar-refractivity contribution is -0.140. The molecule has 0 bridgehead atoms. The first-order valence-corrected chi connectivity index (χ1v) is 5.81. The summed E-state index contributed by atoms with van der Waals surface area (Å²) >= 11 is 0. The zero-order chi connectivity index (χ0) is 13.6. The van der Waals surface area contributed by atoms with Gasteiger partial charge in [-0.25, -0.2) is 0 Å². The van der Waals surface area contributed by atoms with Crippen molar-refractivity contribution in [1.82, 2.24) is 5.32 Å². The van der Waals surface area contributed by atoms with Gasteiger partial charge in [0.1, 0.15) is 6.61 Å². The van der Waals surface area contributed by atoms with Crippen molar-refractivity contribution in [3.63, 3.8) is 0 Å². The van der Waals surface area contributed by atoms with Gasteiger partial charge in [0.05, 0.1) is 18.1 Å². The SMILES string of the molecule is CC(C)OCC(=O)NC(C)(CC(=O)O)C(C)C. The van der Waals surface area contributed by atoms with Crippen LogP contribution in [0.4, 0.5) is 0 Å². The second kappa shape index (κ2) is 6.59. The molecule has 1 amide bonds. The molecule has 17 heavy (non-hydrogen) atoms. The van der Waals surface area contributed by atoms with Crippen molar-refractivity contribution >= 4 is 11.9 Å². The molecule has 100 valence electrons. The van der Waals surface area contributed by atoms with E-state index in [9.17, 15) is 9.59 Å². The van der Waals surface area contributed by atoms with E-state index in [1.165, 1.54) is 0 Å². The summed E-state index contributed by atoms with van der Waals surface area (Å²) in [5, 5.41) is 11.6. The maximum Gasteiger partial charge on any atom is 0.305 e. The van der Waals surface area contributed by atoms with Gasteiger partial charge in [-0.05, 0) is 26.7 Å². The van der Waals surface area contributed by atoms with Crippen molar-refractivity contribution in [2.24, 2.45) is 5.92 Å². The van der Waals surface area contributed by atoms with E-state index >= 15 is 0 Å². The second-order valence-electron chi connectivity index (χ2n) is 5.05. The van der Waals surface area contributed by atoms with E-state index in [4.69, 9.17) is 9.84 Å². The van der Waals surface area contributed by atoms with Crippen LogP contribution in [0.2, 0.25) is 0 Å². The smallest absolute Gasteiger partial charge is 0.305 e. The van der Waals surface area contributed by atoms with E-state index in [1.807, 2.05) is 27.7 Å². The van der Waals surface area contributed by atoms with Gasteiger partial charge in [0.2, 0.25) is 5.91 Å². The summed E-state index contributed by atoms with van der Waals surface area (Å²) in [4.78, 5) is 22.4. The Kier molecular flexibility index (Phi) is 6.16. The van der Waals surface area contributed by atoms with Crippen molar-refractivity contribution in [3.05, 3.63) is 0 Å². The van der Waals surface area contributed by atoms with Crippen molar-refractivity contribution in [2.75, 3.05) is 6.61 Å². The fraction of sp³-hybridized carbons (Fsp3) is 0.833. The predicted octanol–water partition coefficient (Wildman–Crippen LogP) is 1.42. The Morgan fingerprint density at radius 2 is 1.82 bits per heavy atom. The highest BCUT2D eigenvalue weighted by Crippen LogP contribution is 2.20. The largest absolute Gasteiger partial charge is 0.481 e. The van der Waals surface area contributed by atoms with Gasteiger partial charge in [-0.15, -0.1) is 0 Å². The number of ether oxygens (including phenoxy) is 1. The molecule has 0 aliphatic rings. The number of aliphatic carboxylic acids is 1. The molecule has 0 saturated heterocycles. The monoisotopic (exact) mass is 245 g/mol. The zero-order valence-electron chi connectivity index (χ0n) is 11.2. The molecular formula is C12H23NO4. The molecule has 0 radical (unpaired) electrons. The molecule has 0 rings (SSSR count). The molecule has 0 fully saturated rings. The Bertz CT molecular complexity index is 276. The third-order valence-corrected chi connectivity index (χ3v) is 2.77. The normalized spacial score (nSPS) is 14.8. The summed E-state index contributed by atoms with van der Waals surface area (Å²) in [6, 6.07) is 0. The second-order valence-corrected chi connectivity index (χ2v) is 5.05. The summed E-state index contributed by atoms with van der Waals surface area (Å²) in [5.74, 6) is -1.18. The van der Waals surface area contributed by atoms with E-state index in [-0.39, 0.29) is 31.0 Å². The number of carbonyl (C=O) groups is 2. The minimum absolute atomic E-state index is 0.0227. The van der Waals surface area contributed by atoms with Crippen LogP contribution in [0.15, 0.2) is 0 Å². The molecule has 1 unspecified atom stereocenters. The molecule has 0 saturated carbocycles. The Morgan fingerprint density at radius 3 is 2.18 bits per heavy atom. The van der Waals surface area contributed by atoms with Crippen LogP contribution in [0.5, 0.6) is 0 Å². The van der Waals surface area contributed by atoms with Gasteiger partial charge >= 0.3 is 5.97 Å². The quantitative estimate of drug-likeness (QED) is 0.711. The molecule has 5 heteroatoms. The fourth-order valence-electron chi connectivity index (χ4n) is 1.30. The van der Waals surface area contributed by atoms with Crippen LogP contribution in [0.1, 0.15) is 41.0 Å². The average molecular weight is 245 g/mol. The molecule has 0 aromatic rings. The van der Waals surface area contributed by atoms with Crippen LogP contribution in [-0.2, 0) is 14.3 Å². The number of carbonyl (C=O) groups excluding carboxylic acids is 1. The summed E-state index contributed by atoms with van der Waals surface area (Å²) in [7, 11) is 0. The molecule has 0 heterocycles. The standard InChI is InChI=1S/C12H23NO4/c1-8(2)12(5,6-11(15)16)13-10(14)7-17-9(3)4/h8-9H,6-7H2,1-5H3,(H,13,14)(H,15,16). The van der Waals surface area contributed by atoms with Crippen LogP contribution >= 0.6 is 0 Å². The molecule has 5 nitrogen and oxygen atoms in total. The van der Waals surface area contributed by atoms with Gasteiger partial charge in [0.25, 0.3) is 0 Å². The summed E-state index contributed by atoms with van der Waals surface area (Å²) < 4.78 is 5.17. The molecule has 0 aromatic carbocycles. The highest BCUT2D eigenvalue weighted by molar-refractivity contribution is 5.79. The van der Waals surface area contributed by atoms with Crippen LogP contribution in [0.25, 0.3) is 0 Å². The van der Waals surface area contributed by atoms with Crippen molar-refractivity contribution in [2.45, 2.75) is 52.7 Å². The van der Waals surface area contributed by atoms with Crippen LogP contribution in [0, 0.1) is 5.92 Å². The van der Waals surface area contributed by atoms with Gasteiger partial charge in [0.15, 0.2) is 0 Å². The van der Waals surface area contributed by atoms with E-state index in [1.54, 1.807) is 6.92 Å². The molecule has 2 N–H and O–H groups in total. The van der Waals surface area contributed by atoms with Crippen molar-refractivity contribution in [3.8, 4) is 0 Å². The first kappa shape index (κ1) is 15.9. The molecule has 1 atom stereocenters. The van der Waals surface area contributed by atoms with Crippen molar-refractivity contribution in [1.29, 1.82) is 0 Å². The maximum absolute atomic E-state index is 11.6. The topological polar surface area (TPSA) is 75.6 Å². The minimum Gasteiger partial charge on any atom is -0.481 e. The van der Waals surface area contributed by atoms with E-state index in [0.717, 1.165) is 0 Å². The highest BCUT2D eigenvalue weighted by atomic mass is 16.5. The number of carboxylic acid groups (broad SMARTS) is 1. The van der Waals surface area contributed by atoms with E-state index < -0.39 is 11.5 Å². The lowest BCUT2D eigenvalue weighted by Crippen LogP contribution is -2.52. The Labute approximate surface area is 103 Å². The molecule has 0 aliphatic carbocycles. The van der Waals surface area contributed by atoms with Gasteiger partial charge < -0.3 is 15.2 Å². The van der Waals surface area contributed by atoms with E-state index in [2.05, 4.69) is 5.32 Å².